The molecule has 0 fully saturated rings. The first-order valence-electron chi connectivity index (χ1n) is 6.47. The van der Waals surface area contributed by atoms with Crippen LogP contribution < -0.4 is 0 Å². The average Bonchev–Trinajstić information content (AvgIpc) is 2.70. The molecule has 0 saturated heterocycles. The quantitative estimate of drug-likeness (QED) is 0.650. The highest BCUT2D eigenvalue weighted by Crippen LogP contribution is 2.08. The van der Waals surface area contributed by atoms with E-state index in [0.29, 0.717) is 5.69 Å². The van der Waals surface area contributed by atoms with E-state index in [1.807, 2.05) is 0 Å². The van der Waals surface area contributed by atoms with Crippen molar-refractivity contribution in [2.45, 2.75) is 58.3 Å². The predicted octanol–water partition coefficient (Wildman–Crippen LogP) is 2.94. The van der Waals surface area contributed by atoms with E-state index in [1.54, 1.807) is 6.20 Å². The number of nitrogens with zero attached hydrogens (tertiary/aromatic N) is 1. The minimum absolute atomic E-state index is 0.0312. The second-order valence-corrected chi connectivity index (χ2v) is 4.44. The summed E-state index contributed by atoms with van der Waals surface area (Å²) in [5, 5.41) is 8.62. The van der Waals surface area contributed by atoms with Gasteiger partial charge in [-0.3, -0.25) is 4.79 Å². The Balaban J connectivity index is 2.14. The standard InChI is InChI=1S/C13H22N2O2/c1-2-3-4-5-6-7-8-12-14-10-11(15-12)9-13(16)17/h10H,2-9H2,1H3,(H,14,15)(H,16,17). The van der Waals surface area contributed by atoms with Crippen molar-refractivity contribution in [1.29, 1.82) is 0 Å². The summed E-state index contributed by atoms with van der Waals surface area (Å²) in [6.45, 7) is 2.22. The van der Waals surface area contributed by atoms with E-state index in [0.717, 1.165) is 18.7 Å². The smallest absolute Gasteiger partial charge is 0.309 e. The normalized spacial score (nSPS) is 10.6. The molecule has 0 radical (unpaired) electrons. The fourth-order valence-corrected chi connectivity index (χ4v) is 1.86. The van der Waals surface area contributed by atoms with Gasteiger partial charge in [-0.1, -0.05) is 39.0 Å². The van der Waals surface area contributed by atoms with Gasteiger partial charge in [-0.05, 0) is 6.42 Å². The lowest BCUT2D eigenvalue weighted by Gasteiger charge is -1.99. The third kappa shape index (κ3) is 6.09. The Morgan fingerprint density at radius 2 is 2.00 bits per heavy atom. The molecule has 1 aromatic heterocycles. The third-order valence-electron chi connectivity index (χ3n) is 2.79. The Labute approximate surface area is 102 Å². The van der Waals surface area contributed by atoms with Gasteiger partial charge in [0, 0.05) is 18.3 Å². The summed E-state index contributed by atoms with van der Waals surface area (Å²) >= 11 is 0. The van der Waals surface area contributed by atoms with Gasteiger partial charge in [0.1, 0.15) is 5.82 Å². The van der Waals surface area contributed by atoms with Gasteiger partial charge in [0.25, 0.3) is 0 Å². The number of carboxylic acid groups (broad SMARTS) is 1. The molecule has 1 rings (SSSR count). The molecule has 0 aliphatic carbocycles. The highest BCUT2D eigenvalue weighted by atomic mass is 16.4. The summed E-state index contributed by atoms with van der Waals surface area (Å²) in [7, 11) is 0. The molecule has 1 heterocycles. The molecule has 0 aliphatic rings. The van der Waals surface area contributed by atoms with Crippen LogP contribution >= 0.6 is 0 Å². The van der Waals surface area contributed by atoms with Crippen LogP contribution in [0.1, 0.15) is 57.0 Å². The van der Waals surface area contributed by atoms with E-state index in [4.69, 9.17) is 5.11 Å². The van der Waals surface area contributed by atoms with Gasteiger partial charge in [0.05, 0.1) is 6.42 Å². The second kappa shape index (κ2) is 7.87. The minimum atomic E-state index is -0.820. The SMILES string of the molecule is CCCCCCCCc1ncc(CC(=O)O)[nH]1. The number of carbonyl (C=O) groups is 1. The van der Waals surface area contributed by atoms with Crippen LogP contribution in [0.4, 0.5) is 0 Å². The summed E-state index contributed by atoms with van der Waals surface area (Å²) in [6.07, 6.45) is 10.1. The van der Waals surface area contributed by atoms with Crippen molar-refractivity contribution >= 4 is 5.97 Å². The van der Waals surface area contributed by atoms with E-state index in [-0.39, 0.29) is 6.42 Å². The lowest BCUT2D eigenvalue weighted by molar-refractivity contribution is -0.136. The fraction of sp³-hybridized carbons (Fsp3) is 0.692. The number of aromatic amines is 1. The van der Waals surface area contributed by atoms with Gasteiger partial charge in [-0.25, -0.2) is 4.98 Å². The number of aromatic nitrogens is 2. The molecule has 0 aliphatic heterocycles. The molecule has 96 valence electrons. The molecule has 4 heteroatoms. The molecule has 0 atom stereocenters. The lowest BCUT2D eigenvalue weighted by Crippen LogP contribution is -2.00. The summed E-state index contributed by atoms with van der Waals surface area (Å²) in [4.78, 5) is 17.7. The molecule has 0 saturated carbocycles. The van der Waals surface area contributed by atoms with Gasteiger partial charge < -0.3 is 10.1 Å². The summed E-state index contributed by atoms with van der Waals surface area (Å²) in [6, 6.07) is 0. The largest absolute Gasteiger partial charge is 0.481 e. The highest BCUT2D eigenvalue weighted by molar-refractivity contribution is 5.69. The van der Waals surface area contributed by atoms with Crippen molar-refractivity contribution in [1.82, 2.24) is 9.97 Å². The molecular formula is C13H22N2O2. The molecular weight excluding hydrogens is 216 g/mol. The summed E-state index contributed by atoms with van der Waals surface area (Å²) in [5.74, 6) is 0.0940. The number of aliphatic carboxylic acids is 1. The second-order valence-electron chi connectivity index (χ2n) is 4.44. The molecule has 0 aromatic carbocycles. The number of hydrogen-bond donors (Lipinski definition) is 2. The van der Waals surface area contributed by atoms with Gasteiger partial charge in [0.2, 0.25) is 0 Å². The number of H-pyrrole nitrogens is 1. The topological polar surface area (TPSA) is 66.0 Å². The molecule has 4 nitrogen and oxygen atoms in total. The Morgan fingerprint density at radius 3 is 2.71 bits per heavy atom. The third-order valence-corrected chi connectivity index (χ3v) is 2.79. The minimum Gasteiger partial charge on any atom is -0.481 e. The van der Waals surface area contributed by atoms with Crippen molar-refractivity contribution in [2.24, 2.45) is 0 Å². The zero-order chi connectivity index (χ0) is 12.5. The number of imidazole rings is 1. The van der Waals surface area contributed by atoms with Gasteiger partial charge in [0.15, 0.2) is 0 Å². The summed E-state index contributed by atoms with van der Waals surface area (Å²) in [5.41, 5.74) is 0.693. The number of hydrogen-bond acceptors (Lipinski definition) is 2. The van der Waals surface area contributed by atoms with E-state index < -0.39 is 5.97 Å². The number of nitrogens with one attached hydrogen (secondary N) is 1. The highest BCUT2D eigenvalue weighted by Gasteiger charge is 2.04. The molecule has 1 aromatic rings. The van der Waals surface area contributed by atoms with Crippen molar-refractivity contribution in [2.75, 3.05) is 0 Å². The molecule has 0 amide bonds. The maximum Gasteiger partial charge on any atom is 0.309 e. The molecule has 0 bridgehead atoms. The van der Waals surface area contributed by atoms with Crippen LogP contribution in [-0.4, -0.2) is 21.0 Å². The zero-order valence-electron chi connectivity index (χ0n) is 10.5. The number of rotatable bonds is 9. The van der Waals surface area contributed by atoms with Gasteiger partial charge in [-0.2, -0.15) is 0 Å². The van der Waals surface area contributed by atoms with Crippen LogP contribution in [0.2, 0.25) is 0 Å². The maximum atomic E-state index is 10.5. The van der Waals surface area contributed by atoms with Gasteiger partial charge >= 0.3 is 5.97 Å². The first-order valence-corrected chi connectivity index (χ1v) is 6.47. The number of carboxylic acids is 1. The van der Waals surface area contributed by atoms with Crippen LogP contribution in [0.15, 0.2) is 6.20 Å². The van der Waals surface area contributed by atoms with E-state index in [2.05, 4.69) is 16.9 Å². The number of aryl methyl sites for hydroxylation is 1. The monoisotopic (exact) mass is 238 g/mol. The number of unbranched alkanes of at least 4 members (excludes halogenated alkanes) is 5. The Bertz CT molecular complexity index is 334. The van der Waals surface area contributed by atoms with Crippen molar-refractivity contribution in [3.63, 3.8) is 0 Å². The van der Waals surface area contributed by atoms with Gasteiger partial charge in [-0.15, -0.1) is 0 Å². The van der Waals surface area contributed by atoms with E-state index in [1.165, 1.54) is 32.1 Å². The van der Waals surface area contributed by atoms with E-state index >= 15 is 0 Å². The van der Waals surface area contributed by atoms with Crippen LogP contribution in [0.5, 0.6) is 0 Å². The Hall–Kier alpha value is -1.32. The van der Waals surface area contributed by atoms with Crippen molar-refractivity contribution in [3.8, 4) is 0 Å². The average molecular weight is 238 g/mol. The predicted molar refractivity (Wildman–Crippen MR) is 67.0 cm³/mol. The Kier molecular flexibility index (Phi) is 6.37. The Morgan fingerprint density at radius 1 is 1.29 bits per heavy atom. The van der Waals surface area contributed by atoms with Crippen molar-refractivity contribution < 1.29 is 9.90 Å². The first kappa shape index (κ1) is 13.7. The molecule has 0 unspecified atom stereocenters. The first-order chi connectivity index (χ1) is 8.22. The summed E-state index contributed by atoms with van der Waals surface area (Å²) < 4.78 is 0. The van der Waals surface area contributed by atoms with Crippen molar-refractivity contribution in [3.05, 3.63) is 17.7 Å². The van der Waals surface area contributed by atoms with E-state index in [9.17, 15) is 4.79 Å². The lowest BCUT2D eigenvalue weighted by atomic mass is 10.1. The van der Waals surface area contributed by atoms with Crippen LogP contribution in [0.25, 0.3) is 0 Å². The maximum absolute atomic E-state index is 10.5. The fourth-order valence-electron chi connectivity index (χ4n) is 1.86. The van der Waals surface area contributed by atoms with Crippen LogP contribution in [0.3, 0.4) is 0 Å². The van der Waals surface area contributed by atoms with Crippen LogP contribution in [0, 0.1) is 0 Å². The zero-order valence-corrected chi connectivity index (χ0v) is 10.5. The van der Waals surface area contributed by atoms with Crippen LogP contribution in [-0.2, 0) is 17.6 Å². The molecule has 2 N–H and O–H groups in total. The molecule has 17 heavy (non-hydrogen) atoms. The molecule has 0 spiro atoms.